The van der Waals surface area contributed by atoms with E-state index in [-0.39, 0.29) is 11.6 Å². The van der Waals surface area contributed by atoms with Gasteiger partial charge in [0.1, 0.15) is 5.75 Å². The molecule has 9 heteroatoms. The van der Waals surface area contributed by atoms with Gasteiger partial charge < -0.3 is 19.0 Å². The molecule has 0 aliphatic rings. The Labute approximate surface area is 200 Å². The summed E-state index contributed by atoms with van der Waals surface area (Å²) in [7, 11) is 1.60. The standard InChI is InChI=1S/C25H22ClN5O3/c1-16-4-3-5-18(10-16)24-23(27-15-34-24)25(32)29-19-13-28-31(14-19)9-8-30-7-6-17-11-20(26)22(33-2)12-21(17)30/h3-7,10-15H,8-9H2,1-2H3,(H,29,32). The number of oxazole rings is 1. The summed E-state index contributed by atoms with van der Waals surface area (Å²) in [6.07, 6.45) is 6.68. The lowest BCUT2D eigenvalue weighted by molar-refractivity contribution is 0.102. The Morgan fingerprint density at radius 1 is 1.21 bits per heavy atom. The molecule has 0 aliphatic carbocycles. The lowest BCUT2D eigenvalue weighted by Crippen LogP contribution is -2.13. The Bertz CT molecular complexity index is 1480. The number of amides is 1. The van der Waals surface area contributed by atoms with E-state index in [1.165, 1.54) is 6.39 Å². The smallest absolute Gasteiger partial charge is 0.278 e. The normalized spacial score (nSPS) is 11.1. The third kappa shape index (κ3) is 4.27. The summed E-state index contributed by atoms with van der Waals surface area (Å²) >= 11 is 6.23. The Hall–Kier alpha value is -4.04. The van der Waals surface area contributed by atoms with E-state index in [1.807, 2.05) is 55.6 Å². The highest BCUT2D eigenvalue weighted by Gasteiger charge is 2.19. The van der Waals surface area contributed by atoms with Crippen molar-refractivity contribution < 1.29 is 13.9 Å². The number of hydrogen-bond acceptors (Lipinski definition) is 5. The predicted octanol–water partition coefficient (Wildman–Crippen LogP) is 5.42. The highest BCUT2D eigenvalue weighted by molar-refractivity contribution is 6.32. The van der Waals surface area contributed by atoms with E-state index < -0.39 is 0 Å². The number of aromatic nitrogens is 4. The van der Waals surface area contributed by atoms with Crippen LogP contribution in [-0.2, 0) is 13.1 Å². The predicted molar refractivity (Wildman–Crippen MR) is 130 cm³/mol. The number of ether oxygens (including phenoxy) is 1. The van der Waals surface area contributed by atoms with Crippen LogP contribution < -0.4 is 10.1 Å². The molecule has 0 unspecified atom stereocenters. The average Bonchev–Trinajstić information content (AvgIpc) is 3.57. The molecule has 2 aromatic carbocycles. The second kappa shape index (κ2) is 9.07. The Kier molecular flexibility index (Phi) is 5.81. The molecule has 5 aromatic rings. The number of fused-ring (bicyclic) bond motifs is 1. The van der Waals surface area contributed by atoms with Gasteiger partial charge in [-0.05, 0) is 25.1 Å². The summed E-state index contributed by atoms with van der Waals surface area (Å²) in [5.74, 6) is 0.713. The second-order valence-electron chi connectivity index (χ2n) is 7.90. The molecule has 34 heavy (non-hydrogen) atoms. The van der Waals surface area contributed by atoms with Gasteiger partial charge in [-0.3, -0.25) is 9.48 Å². The van der Waals surface area contributed by atoms with Crippen molar-refractivity contribution in [1.29, 1.82) is 0 Å². The SMILES string of the molecule is COc1cc2c(ccn2CCn2cc(NC(=O)c3ncoc3-c3cccc(C)c3)cn2)cc1Cl. The molecule has 1 amide bonds. The van der Waals surface area contributed by atoms with Crippen LogP contribution in [0.3, 0.4) is 0 Å². The van der Waals surface area contributed by atoms with Crippen LogP contribution in [0.15, 0.2) is 71.9 Å². The van der Waals surface area contributed by atoms with Crippen molar-refractivity contribution in [1.82, 2.24) is 19.3 Å². The Balaban J connectivity index is 1.27. The third-order valence-electron chi connectivity index (χ3n) is 5.57. The monoisotopic (exact) mass is 475 g/mol. The van der Waals surface area contributed by atoms with Crippen molar-refractivity contribution in [3.63, 3.8) is 0 Å². The maximum Gasteiger partial charge on any atom is 0.278 e. The van der Waals surface area contributed by atoms with Crippen LogP contribution in [0.25, 0.3) is 22.2 Å². The van der Waals surface area contributed by atoms with E-state index in [9.17, 15) is 4.79 Å². The van der Waals surface area contributed by atoms with Crippen molar-refractivity contribution in [2.24, 2.45) is 0 Å². The Morgan fingerprint density at radius 3 is 2.91 bits per heavy atom. The summed E-state index contributed by atoms with van der Waals surface area (Å²) in [4.78, 5) is 17.0. The van der Waals surface area contributed by atoms with Gasteiger partial charge >= 0.3 is 0 Å². The van der Waals surface area contributed by atoms with Gasteiger partial charge in [0.25, 0.3) is 5.91 Å². The van der Waals surface area contributed by atoms with Crippen molar-refractivity contribution >= 4 is 34.1 Å². The van der Waals surface area contributed by atoms with Gasteiger partial charge in [-0.1, -0.05) is 35.4 Å². The van der Waals surface area contributed by atoms with Crippen molar-refractivity contribution in [2.45, 2.75) is 20.0 Å². The van der Waals surface area contributed by atoms with E-state index in [1.54, 1.807) is 24.2 Å². The number of halogens is 1. The van der Waals surface area contributed by atoms with Crippen LogP contribution in [0, 0.1) is 6.92 Å². The molecule has 0 saturated heterocycles. The minimum atomic E-state index is -0.356. The molecular formula is C25H22ClN5O3. The molecule has 0 radical (unpaired) electrons. The van der Waals surface area contributed by atoms with Gasteiger partial charge in [0, 0.05) is 36.0 Å². The fourth-order valence-corrected chi connectivity index (χ4v) is 4.14. The molecule has 1 N–H and O–H groups in total. The number of aryl methyl sites for hydroxylation is 3. The van der Waals surface area contributed by atoms with Crippen molar-refractivity contribution in [3.05, 3.63) is 83.7 Å². The summed E-state index contributed by atoms with van der Waals surface area (Å²) in [6.45, 7) is 3.28. The highest BCUT2D eigenvalue weighted by atomic mass is 35.5. The first-order valence-electron chi connectivity index (χ1n) is 10.7. The molecule has 172 valence electrons. The number of anilines is 1. The van der Waals surface area contributed by atoms with Crippen LogP contribution in [0.5, 0.6) is 5.75 Å². The molecular weight excluding hydrogens is 454 g/mol. The number of carbonyl (C=O) groups excluding carboxylic acids is 1. The van der Waals surface area contributed by atoms with Crippen LogP contribution >= 0.6 is 11.6 Å². The molecule has 0 atom stereocenters. The molecule has 0 bridgehead atoms. The summed E-state index contributed by atoms with van der Waals surface area (Å²) in [5, 5.41) is 8.84. The minimum absolute atomic E-state index is 0.227. The lowest BCUT2D eigenvalue weighted by Gasteiger charge is -2.08. The maximum absolute atomic E-state index is 12.8. The van der Waals surface area contributed by atoms with Crippen molar-refractivity contribution in [3.8, 4) is 17.1 Å². The van der Waals surface area contributed by atoms with E-state index in [2.05, 4.69) is 20.0 Å². The van der Waals surface area contributed by atoms with Gasteiger partial charge in [-0.25, -0.2) is 4.98 Å². The first-order valence-corrected chi connectivity index (χ1v) is 11.1. The van der Waals surface area contributed by atoms with Crippen LogP contribution in [-0.4, -0.2) is 32.3 Å². The second-order valence-corrected chi connectivity index (χ2v) is 8.31. The zero-order valence-electron chi connectivity index (χ0n) is 18.7. The molecule has 5 rings (SSSR count). The molecule has 0 fully saturated rings. The van der Waals surface area contributed by atoms with Gasteiger partial charge in [-0.15, -0.1) is 0 Å². The average molecular weight is 476 g/mol. The van der Waals surface area contributed by atoms with E-state index in [0.29, 0.717) is 35.3 Å². The molecule has 0 spiro atoms. The fourth-order valence-electron chi connectivity index (χ4n) is 3.89. The quantitative estimate of drug-likeness (QED) is 0.340. The number of methoxy groups -OCH3 is 1. The number of nitrogens with zero attached hydrogens (tertiary/aromatic N) is 4. The number of carbonyl (C=O) groups is 1. The third-order valence-corrected chi connectivity index (χ3v) is 5.86. The first kappa shape index (κ1) is 21.8. The van der Waals surface area contributed by atoms with E-state index in [4.69, 9.17) is 20.8 Å². The minimum Gasteiger partial charge on any atom is -0.495 e. The van der Waals surface area contributed by atoms with Crippen LogP contribution in [0.2, 0.25) is 5.02 Å². The largest absolute Gasteiger partial charge is 0.495 e. The van der Waals surface area contributed by atoms with E-state index >= 15 is 0 Å². The lowest BCUT2D eigenvalue weighted by atomic mass is 10.1. The molecule has 3 aromatic heterocycles. The molecule has 0 aliphatic heterocycles. The maximum atomic E-state index is 12.8. The number of benzene rings is 2. The number of nitrogens with one attached hydrogen (secondary N) is 1. The van der Waals surface area contributed by atoms with Gasteiger partial charge in [0.15, 0.2) is 17.8 Å². The number of hydrogen-bond donors (Lipinski definition) is 1. The zero-order valence-corrected chi connectivity index (χ0v) is 19.4. The van der Waals surface area contributed by atoms with Gasteiger partial charge in [-0.2, -0.15) is 5.10 Å². The van der Waals surface area contributed by atoms with Crippen LogP contribution in [0.4, 0.5) is 5.69 Å². The zero-order chi connectivity index (χ0) is 23.7. The highest BCUT2D eigenvalue weighted by Crippen LogP contribution is 2.30. The first-order chi connectivity index (χ1) is 16.5. The van der Waals surface area contributed by atoms with E-state index in [0.717, 1.165) is 22.0 Å². The molecule has 8 nitrogen and oxygen atoms in total. The summed E-state index contributed by atoms with van der Waals surface area (Å²) in [6, 6.07) is 13.6. The van der Waals surface area contributed by atoms with Crippen LogP contribution in [0.1, 0.15) is 16.1 Å². The summed E-state index contributed by atoms with van der Waals surface area (Å²) in [5.41, 5.74) is 3.70. The van der Waals surface area contributed by atoms with Gasteiger partial charge in [0.2, 0.25) is 0 Å². The molecule has 0 saturated carbocycles. The Morgan fingerprint density at radius 2 is 2.09 bits per heavy atom. The molecule has 3 heterocycles. The van der Waals surface area contributed by atoms with Crippen molar-refractivity contribution in [2.75, 3.05) is 12.4 Å². The summed E-state index contributed by atoms with van der Waals surface area (Å²) < 4.78 is 14.7. The number of rotatable bonds is 7. The fraction of sp³-hybridized carbons (Fsp3) is 0.160. The topological polar surface area (TPSA) is 87.1 Å². The van der Waals surface area contributed by atoms with Gasteiger partial charge in [0.05, 0.1) is 36.1 Å².